The highest BCUT2D eigenvalue weighted by molar-refractivity contribution is 7.47. The lowest BCUT2D eigenvalue weighted by Crippen LogP contribution is -2.34. The zero-order valence-electron chi connectivity index (χ0n) is 33.4. The summed E-state index contributed by atoms with van der Waals surface area (Å²) in [4.78, 5) is 45.9. The van der Waals surface area contributed by atoms with E-state index >= 15 is 0 Å². The number of carbonyl (C=O) groups is 3. The van der Waals surface area contributed by atoms with Crippen molar-refractivity contribution in [2.45, 2.75) is 180 Å². The monoisotopic (exact) mass is 784 g/mol. The molecular formula is C42H74NO10P. The fourth-order valence-electron chi connectivity index (χ4n) is 5.47. The molecule has 0 saturated carbocycles. The van der Waals surface area contributed by atoms with Crippen molar-refractivity contribution >= 4 is 25.7 Å². The van der Waals surface area contributed by atoms with E-state index in [4.69, 9.17) is 24.8 Å². The van der Waals surface area contributed by atoms with E-state index in [-0.39, 0.29) is 19.4 Å². The Hall–Kier alpha value is -2.56. The van der Waals surface area contributed by atoms with E-state index in [1.165, 1.54) is 57.8 Å². The number of nitrogens with two attached hydrogens (primary N) is 1. The smallest absolute Gasteiger partial charge is 0.472 e. The number of ether oxygens (including phenoxy) is 2. The third-order valence-corrected chi connectivity index (χ3v) is 9.66. The first-order chi connectivity index (χ1) is 26.1. The maximum Gasteiger partial charge on any atom is 0.472 e. The average Bonchev–Trinajstić information content (AvgIpc) is 3.14. The van der Waals surface area contributed by atoms with Gasteiger partial charge in [0.25, 0.3) is 0 Å². The minimum Gasteiger partial charge on any atom is -0.480 e. The Kier molecular flexibility index (Phi) is 35.6. The summed E-state index contributed by atoms with van der Waals surface area (Å²) >= 11 is 0. The van der Waals surface area contributed by atoms with Crippen molar-refractivity contribution in [1.82, 2.24) is 0 Å². The van der Waals surface area contributed by atoms with Gasteiger partial charge < -0.3 is 25.2 Å². The molecule has 4 N–H and O–H groups in total. The SMILES string of the molecule is C=CCCCCCCCCCCCCCCCC(=O)OC[C@H](COP(=O)(O)OC[C@H](N)C(=O)O)OC(=O)CCCCCCC/C=C/C/C=C/C/C=C/CC. The van der Waals surface area contributed by atoms with Crippen molar-refractivity contribution < 1.29 is 47.5 Å². The molecule has 12 heteroatoms. The molecule has 0 heterocycles. The van der Waals surface area contributed by atoms with E-state index < -0.39 is 51.1 Å². The molecule has 0 amide bonds. The highest BCUT2D eigenvalue weighted by atomic mass is 31.2. The minimum absolute atomic E-state index is 0.140. The second-order valence-corrected chi connectivity index (χ2v) is 15.3. The van der Waals surface area contributed by atoms with E-state index in [1.807, 2.05) is 6.08 Å². The van der Waals surface area contributed by atoms with Crippen LogP contribution in [-0.4, -0.2) is 59.9 Å². The maximum absolute atomic E-state index is 12.6. The van der Waals surface area contributed by atoms with Gasteiger partial charge in [0.05, 0.1) is 13.2 Å². The minimum atomic E-state index is -4.72. The summed E-state index contributed by atoms with van der Waals surface area (Å²) in [6, 6.07) is -1.53. The Morgan fingerprint density at radius 2 is 1.07 bits per heavy atom. The van der Waals surface area contributed by atoms with Crippen molar-refractivity contribution in [3.05, 3.63) is 49.1 Å². The van der Waals surface area contributed by atoms with Crippen LogP contribution in [0.3, 0.4) is 0 Å². The van der Waals surface area contributed by atoms with Gasteiger partial charge in [0.15, 0.2) is 6.10 Å². The zero-order valence-corrected chi connectivity index (χ0v) is 34.3. The first-order valence-corrected chi connectivity index (χ1v) is 22.1. The second kappa shape index (κ2) is 37.4. The molecule has 0 rings (SSSR count). The maximum atomic E-state index is 12.6. The summed E-state index contributed by atoms with van der Waals surface area (Å²) in [5.74, 6) is -2.41. The predicted octanol–water partition coefficient (Wildman–Crippen LogP) is 10.6. The Labute approximate surface area is 326 Å². The molecule has 3 atom stereocenters. The fourth-order valence-corrected chi connectivity index (χ4v) is 6.25. The fraction of sp³-hybridized carbons (Fsp3) is 0.738. The lowest BCUT2D eigenvalue weighted by atomic mass is 10.0. The first kappa shape index (κ1) is 51.4. The van der Waals surface area contributed by atoms with E-state index in [0.717, 1.165) is 77.0 Å². The summed E-state index contributed by atoms with van der Waals surface area (Å²) in [5, 5.41) is 8.87. The molecule has 0 aliphatic heterocycles. The zero-order chi connectivity index (χ0) is 40.0. The molecule has 1 unspecified atom stereocenters. The molecule has 0 aliphatic carbocycles. The quantitative estimate of drug-likeness (QED) is 0.0234. The van der Waals surface area contributed by atoms with Gasteiger partial charge >= 0.3 is 25.7 Å². The number of phosphoric acid groups is 1. The van der Waals surface area contributed by atoms with Crippen LogP contribution in [0.1, 0.15) is 167 Å². The molecule has 0 fully saturated rings. The second-order valence-electron chi connectivity index (χ2n) is 13.8. The van der Waals surface area contributed by atoms with Crippen LogP contribution in [0, 0.1) is 0 Å². The van der Waals surface area contributed by atoms with Crippen LogP contribution in [0.2, 0.25) is 0 Å². The Morgan fingerprint density at radius 3 is 1.59 bits per heavy atom. The molecule has 0 aliphatic rings. The van der Waals surface area contributed by atoms with Crippen molar-refractivity contribution in [2.75, 3.05) is 19.8 Å². The van der Waals surface area contributed by atoms with Crippen LogP contribution in [-0.2, 0) is 37.5 Å². The van der Waals surface area contributed by atoms with Crippen molar-refractivity contribution in [2.24, 2.45) is 5.73 Å². The Balaban J connectivity index is 4.40. The van der Waals surface area contributed by atoms with Crippen molar-refractivity contribution in [1.29, 1.82) is 0 Å². The number of unbranched alkanes of at least 4 members (excludes halogenated alkanes) is 18. The molecule has 11 nitrogen and oxygen atoms in total. The van der Waals surface area contributed by atoms with Gasteiger partial charge in [0.1, 0.15) is 12.6 Å². The van der Waals surface area contributed by atoms with Gasteiger partial charge in [0.2, 0.25) is 0 Å². The van der Waals surface area contributed by atoms with Gasteiger partial charge in [-0.05, 0) is 57.8 Å². The number of hydrogen-bond donors (Lipinski definition) is 3. The summed E-state index contributed by atoms with van der Waals surface area (Å²) < 4.78 is 32.6. The van der Waals surface area contributed by atoms with Gasteiger partial charge in [-0.2, -0.15) is 0 Å². The molecular weight excluding hydrogens is 709 g/mol. The summed E-state index contributed by atoms with van der Waals surface area (Å²) in [5.41, 5.74) is 5.32. The predicted molar refractivity (Wildman–Crippen MR) is 217 cm³/mol. The van der Waals surface area contributed by atoms with Crippen LogP contribution in [0.5, 0.6) is 0 Å². The normalized spacial score (nSPS) is 14.1. The molecule has 54 heavy (non-hydrogen) atoms. The number of rotatable bonds is 39. The number of carboxylic acid groups (broad SMARTS) is 1. The van der Waals surface area contributed by atoms with Crippen LogP contribution < -0.4 is 5.73 Å². The molecule has 0 aromatic carbocycles. The summed E-state index contributed by atoms with van der Waals surface area (Å²) in [7, 11) is -4.72. The van der Waals surface area contributed by atoms with Gasteiger partial charge in [0, 0.05) is 12.8 Å². The molecule has 0 aromatic heterocycles. The molecule has 0 saturated heterocycles. The molecule has 0 aromatic rings. The number of carboxylic acids is 1. The number of esters is 2. The van der Waals surface area contributed by atoms with Gasteiger partial charge in [-0.25, -0.2) is 4.57 Å². The largest absolute Gasteiger partial charge is 0.480 e. The van der Waals surface area contributed by atoms with E-state index in [1.54, 1.807) is 0 Å². The third-order valence-electron chi connectivity index (χ3n) is 8.71. The number of allylic oxidation sites excluding steroid dienone is 7. The first-order valence-electron chi connectivity index (χ1n) is 20.6. The third kappa shape index (κ3) is 36.4. The van der Waals surface area contributed by atoms with E-state index in [2.05, 4.69) is 54.5 Å². The highest BCUT2D eigenvalue weighted by Crippen LogP contribution is 2.43. The van der Waals surface area contributed by atoms with Crippen molar-refractivity contribution in [3.8, 4) is 0 Å². The lowest BCUT2D eigenvalue weighted by Gasteiger charge is -2.20. The Morgan fingerprint density at radius 1 is 0.630 bits per heavy atom. The van der Waals surface area contributed by atoms with Crippen molar-refractivity contribution in [3.63, 3.8) is 0 Å². The molecule has 0 spiro atoms. The topological polar surface area (TPSA) is 172 Å². The van der Waals surface area contributed by atoms with E-state index in [9.17, 15) is 23.8 Å². The Bertz CT molecular complexity index is 1090. The number of hydrogen-bond acceptors (Lipinski definition) is 9. The molecule has 312 valence electrons. The average molecular weight is 784 g/mol. The highest BCUT2D eigenvalue weighted by Gasteiger charge is 2.28. The van der Waals surface area contributed by atoms with Gasteiger partial charge in [-0.3, -0.25) is 23.4 Å². The summed E-state index contributed by atoms with van der Waals surface area (Å²) in [6.07, 6.45) is 39.2. The van der Waals surface area contributed by atoms with Gasteiger partial charge in [-0.1, -0.05) is 139 Å². The number of aliphatic carboxylic acids is 1. The molecule has 0 bridgehead atoms. The van der Waals surface area contributed by atoms with Crippen LogP contribution in [0.4, 0.5) is 0 Å². The standard InChI is InChI=1S/C42H74NO10P/c1-3-5-7-9-11-13-15-17-19-21-23-25-27-29-31-33-40(44)50-35-38(36-51-54(48,49)52-37-39(43)42(46)47)53-41(45)34-32-30-28-26-24-22-20-18-16-14-12-10-8-6-4-2/h3,6,8,12,14,18,20,38-39H,1,4-5,7,9-11,13,15-17,19,21-37,43H2,2H3,(H,46,47)(H,48,49)/b8-6+,14-12+,20-18+/t38-,39+/m1/s1. The lowest BCUT2D eigenvalue weighted by molar-refractivity contribution is -0.161. The van der Waals surface area contributed by atoms with Crippen LogP contribution in [0.15, 0.2) is 49.1 Å². The molecule has 0 radical (unpaired) electrons. The summed E-state index contributed by atoms with van der Waals surface area (Å²) in [6.45, 7) is 4.18. The number of phosphoric ester groups is 1. The number of carbonyl (C=O) groups excluding carboxylic acids is 2. The van der Waals surface area contributed by atoms with E-state index in [0.29, 0.717) is 12.8 Å². The van der Waals surface area contributed by atoms with Gasteiger partial charge in [-0.15, -0.1) is 6.58 Å². The van der Waals surface area contributed by atoms with Crippen LogP contribution >= 0.6 is 7.82 Å². The van der Waals surface area contributed by atoms with Crippen LogP contribution in [0.25, 0.3) is 0 Å².